The van der Waals surface area contributed by atoms with E-state index in [-0.39, 0.29) is 0 Å². The third-order valence-electron chi connectivity index (χ3n) is 7.15. The molecule has 1 unspecified atom stereocenters. The molecule has 2 atom stereocenters. The molecule has 2 fully saturated rings. The Kier molecular flexibility index (Phi) is 6.86. The van der Waals surface area contributed by atoms with E-state index in [2.05, 4.69) is 61.2 Å². The number of hydrogen-bond donors (Lipinski definition) is 0. The second kappa shape index (κ2) is 9.75. The topological polar surface area (TPSA) is 25.4 Å². The normalized spacial score (nSPS) is 27.7. The standard InChI is InChI=1S/C26H36N2O/c1-3-21-10-7-16-27-26(21)28-17-15-20(2)24(18-28)19-29-25-13-11-23(12-14-25)22-8-5-4-6-9-22/h4-10,16,20,23-25H,3,11-15,17-19H2,1-2H3/t20-,23-,24?,25+/m0/s1. The number of nitrogens with zero attached hydrogens (tertiary/aromatic N) is 2. The number of pyridine rings is 1. The Hall–Kier alpha value is -1.87. The van der Waals surface area contributed by atoms with Gasteiger partial charge in [0, 0.05) is 25.2 Å². The number of benzene rings is 1. The summed E-state index contributed by atoms with van der Waals surface area (Å²) in [5.41, 5.74) is 2.87. The van der Waals surface area contributed by atoms with Crippen molar-refractivity contribution in [2.24, 2.45) is 11.8 Å². The molecule has 1 aromatic carbocycles. The van der Waals surface area contributed by atoms with Gasteiger partial charge < -0.3 is 9.64 Å². The lowest BCUT2D eigenvalue weighted by Crippen LogP contribution is -2.43. The summed E-state index contributed by atoms with van der Waals surface area (Å²) < 4.78 is 6.47. The molecule has 0 radical (unpaired) electrons. The van der Waals surface area contributed by atoms with Crippen LogP contribution in [0.15, 0.2) is 48.7 Å². The number of anilines is 1. The highest BCUT2D eigenvalue weighted by Crippen LogP contribution is 2.35. The van der Waals surface area contributed by atoms with Gasteiger partial charge in [0.1, 0.15) is 5.82 Å². The first-order valence-electron chi connectivity index (χ1n) is 11.6. The number of ether oxygens (including phenoxy) is 1. The first-order valence-corrected chi connectivity index (χ1v) is 11.6. The number of aromatic nitrogens is 1. The Morgan fingerprint density at radius 2 is 1.79 bits per heavy atom. The molecule has 0 N–H and O–H groups in total. The molecule has 4 rings (SSSR count). The molecule has 2 aliphatic rings. The van der Waals surface area contributed by atoms with Crippen LogP contribution in [0.4, 0.5) is 5.82 Å². The highest BCUT2D eigenvalue weighted by Gasteiger charge is 2.30. The van der Waals surface area contributed by atoms with Gasteiger partial charge in [-0.2, -0.15) is 0 Å². The van der Waals surface area contributed by atoms with E-state index in [0.29, 0.717) is 12.0 Å². The van der Waals surface area contributed by atoms with Crippen molar-refractivity contribution < 1.29 is 4.74 Å². The average molecular weight is 393 g/mol. The molecular formula is C26H36N2O. The third kappa shape index (κ3) is 5.01. The first-order chi connectivity index (χ1) is 14.2. The minimum absolute atomic E-state index is 0.443. The maximum Gasteiger partial charge on any atom is 0.131 e. The van der Waals surface area contributed by atoms with Crippen molar-refractivity contribution in [1.82, 2.24) is 4.98 Å². The van der Waals surface area contributed by atoms with Crippen LogP contribution in [0.1, 0.15) is 63.0 Å². The number of hydrogen-bond acceptors (Lipinski definition) is 3. The molecule has 0 spiro atoms. The van der Waals surface area contributed by atoms with Crippen molar-refractivity contribution in [1.29, 1.82) is 0 Å². The lowest BCUT2D eigenvalue weighted by atomic mass is 9.82. The summed E-state index contributed by atoms with van der Waals surface area (Å²) in [6.07, 6.45) is 9.57. The summed E-state index contributed by atoms with van der Waals surface area (Å²) in [4.78, 5) is 7.20. The second-order valence-corrected chi connectivity index (χ2v) is 9.03. The maximum absolute atomic E-state index is 6.47. The average Bonchev–Trinajstić information content (AvgIpc) is 2.79. The first kappa shape index (κ1) is 20.4. The fourth-order valence-corrected chi connectivity index (χ4v) is 5.10. The van der Waals surface area contributed by atoms with Crippen LogP contribution in [0, 0.1) is 11.8 Å². The van der Waals surface area contributed by atoms with Gasteiger partial charge in [-0.3, -0.25) is 0 Å². The minimum Gasteiger partial charge on any atom is -0.378 e. The quantitative estimate of drug-likeness (QED) is 0.616. The lowest BCUT2D eigenvalue weighted by molar-refractivity contribution is -0.00696. The lowest BCUT2D eigenvalue weighted by Gasteiger charge is -2.39. The monoisotopic (exact) mass is 392 g/mol. The number of piperidine rings is 1. The fourth-order valence-electron chi connectivity index (χ4n) is 5.10. The van der Waals surface area contributed by atoms with E-state index >= 15 is 0 Å². The van der Waals surface area contributed by atoms with E-state index in [1.54, 1.807) is 0 Å². The molecule has 1 aliphatic heterocycles. The Morgan fingerprint density at radius 3 is 2.55 bits per heavy atom. The summed E-state index contributed by atoms with van der Waals surface area (Å²) in [5.74, 6) is 3.23. The Morgan fingerprint density at radius 1 is 1.00 bits per heavy atom. The highest BCUT2D eigenvalue weighted by atomic mass is 16.5. The smallest absolute Gasteiger partial charge is 0.131 e. The van der Waals surface area contributed by atoms with Crippen LogP contribution >= 0.6 is 0 Å². The zero-order chi connectivity index (χ0) is 20.1. The largest absolute Gasteiger partial charge is 0.378 e. The van der Waals surface area contributed by atoms with Crippen LogP contribution in [0.5, 0.6) is 0 Å². The van der Waals surface area contributed by atoms with Crippen molar-refractivity contribution in [2.45, 2.75) is 64.4 Å². The molecule has 1 aromatic heterocycles. The van der Waals surface area contributed by atoms with Gasteiger partial charge >= 0.3 is 0 Å². The van der Waals surface area contributed by atoms with E-state index < -0.39 is 0 Å². The van der Waals surface area contributed by atoms with Gasteiger partial charge in [0.2, 0.25) is 0 Å². The molecule has 3 nitrogen and oxygen atoms in total. The Bertz CT molecular complexity index is 754. The summed E-state index contributed by atoms with van der Waals surface area (Å²) in [6.45, 7) is 7.71. The predicted molar refractivity (Wildman–Crippen MR) is 120 cm³/mol. The minimum atomic E-state index is 0.443. The van der Waals surface area contributed by atoms with Gasteiger partial charge in [-0.15, -0.1) is 0 Å². The molecule has 2 aromatic rings. The van der Waals surface area contributed by atoms with Crippen LogP contribution in [-0.2, 0) is 11.2 Å². The molecule has 1 saturated carbocycles. The van der Waals surface area contributed by atoms with Crippen molar-refractivity contribution >= 4 is 5.82 Å². The van der Waals surface area contributed by atoms with Gasteiger partial charge in [0.15, 0.2) is 0 Å². The fraction of sp³-hybridized carbons (Fsp3) is 0.577. The van der Waals surface area contributed by atoms with Crippen molar-refractivity contribution in [3.05, 3.63) is 59.8 Å². The van der Waals surface area contributed by atoms with Crippen LogP contribution in [0.3, 0.4) is 0 Å². The Balaban J connectivity index is 1.29. The zero-order valence-corrected chi connectivity index (χ0v) is 18.1. The van der Waals surface area contributed by atoms with E-state index in [1.165, 1.54) is 49.0 Å². The van der Waals surface area contributed by atoms with Gasteiger partial charge in [0.25, 0.3) is 0 Å². The molecule has 0 bridgehead atoms. The summed E-state index contributed by atoms with van der Waals surface area (Å²) >= 11 is 0. The third-order valence-corrected chi connectivity index (χ3v) is 7.15. The molecule has 1 saturated heterocycles. The Labute approximate surface area is 176 Å². The van der Waals surface area contributed by atoms with Crippen molar-refractivity contribution in [3.63, 3.8) is 0 Å². The van der Waals surface area contributed by atoms with Gasteiger partial charge in [-0.05, 0) is 67.6 Å². The SMILES string of the molecule is CCc1cccnc1N1CC[C@H](C)C(CO[C@H]2CC[C@@H](c3ccccc3)CC2)C1. The number of rotatable bonds is 6. The summed E-state index contributed by atoms with van der Waals surface area (Å²) in [7, 11) is 0. The van der Waals surface area contributed by atoms with E-state index in [4.69, 9.17) is 9.72 Å². The van der Waals surface area contributed by atoms with Crippen LogP contribution in [0.25, 0.3) is 0 Å². The van der Waals surface area contributed by atoms with Crippen molar-refractivity contribution in [3.8, 4) is 0 Å². The summed E-state index contributed by atoms with van der Waals surface area (Å²) in [6, 6.07) is 15.3. The maximum atomic E-state index is 6.47. The van der Waals surface area contributed by atoms with Gasteiger partial charge in [-0.25, -0.2) is 4.98 Å². The van der Waals surface area contributed by atoms with Crippen LogP contribution in [0.2, 0.25) is 0 Å². The molecule has 3 heteroatoms. The second-order valence-electron chi connectivity index (χ2n) is 9.03. The molecular weight excluding hydrogens is 356 g/mol. The van der Waals surface area contributed by atoms with Crippen LogP contribution in [-0.4, -0.2) is 30.8 Å². The van der Waals surface area contributed by atoms with Gasteiger partial charge in [0.05, 0.1) is 12.7 Å². The zero-order valence-electron chi connectivity index (χ0n) is 18.1. The molecule has 2 heterocycles. The summed E-state index contributed by atoms with van der Waals surface area (Å²) in [5, 5.41) is 0. The molecule has 1 aliphatic carbocycles. The molecule has 29 heavy (non-hydrogen) atoms. The van der Waals surface area contributed by atoms with E-state index in [9.17, 15) is 0 Å². The highest BCUT2D eigenvalue weighted by molar-refractivity contribution is 5.47. The number of aryl methyl sites for hydroxylation is 1. The van der Waals surface area contributed by atoms with Crippen molar-refractivity contribution in [2.75, 3.05) is 24.6 Å². The van der Waals surface area contributed by atoms with E-state index in [0.717, 1.165) is 38.0 Å². The van der Waals surface area contributed by atoms with Gasteiger partial charge in [-0.1, -0.05) is 50.2 Å². The molecule has 156 valence electrons. The molecule has 0 amide bonds. The van der Waals surface area contributed by atoms with Crippen LogP contribution < -0.4 is 4.90 Å². The van der Waals surface area contributed by atoms with E-state index in [1.807, 2.05) is 6.20 Å². The predicted octanol–water partition coefficient (Wildman–Crippen LogP) is 5.85.